The lowest BCUT2D eigenvalue weighted by molar-refractivity contribution is 0.195. The van der Waals surface area contributed by atoms with Crippen molar-refractivity contribution in [3.63, 3.8) is 0 Å². The minimum absolute atomic E-state index is 0.142. The van der Waals surface area contributed by atoms with E-state index in [-0.39, 0.29) is 10.8 Å². The number of aliphatic hydroxyl groups excluding tert-OH is 1. The summed E-state index contributed by atoms with van der Waals surface area (Å²) in [6, 6.07) is 2.12. The normalized spacial score (nSPS) is 12.0. The van der Waals surface area contributed by atoms with Gasteiger partial charge in [0.15, 0.2) is 5.13 Å². The average molecular weight is 299 g/mol. The van der Waals surface area contributed by atoms with Gasteiger partial charge in [0.2, 0.25) is 0 Å². The molecule has 0 fully saturated rings. The van der Waals surface area contributed by atoms with Crippen LogP contribution in [0.25, 0.3) is 0 Å². The number of thiazole rings is 1. The van der Waals surface area contributed by atoms with Gasteiger partial charge >= 0.3 is 6.03 Å². The molecule has 0 aliphatic heterocycles. The molecule has 1 aromatic heterocycles. The van der Waals surface area contributed by atoms with Crippen LogP contribution in [0.2, 0.25) is 0 Å². The molecule has 1 aromatic carbocycles. The topological polar surface area (TPSA) is 74.2 Å². The van der Waals surface area contributed by atoms with Gasteiger partial charge in [-0.15, -0.1) is 11.3 Å². The lowest BCUT2D eigenvalue weighted by Crippen LogP contribution is -2.20. The third-order valence-electron chi connectivity index (χ3n) is 2.35. The molecule has 0 saturated carbocycles. The summed E-state index contributed by atoms with van der Waals surface area (Å²) in [6.07, 6.45) is -0.737. The molecule has 2 aromatic rings. The maximum atomic E-state index is 13.3. The van der Waals surface area contributed by atoms with E-state index in [1.807, 2.05) is 0 Å². The summed E-state index contributed by atoms with van der Waals surface area (Å²) in [5, 5.41) is 15.8. The number of rotatable bonds is 3. The van der Waals surface area contributed by atoms with E-state index < -0.39 is 23.8 Å². The van der Waals surface area contributed by atoms with E-state index in [0.29, 0.717) is 11.8 Å². The highest BCUT2D eigenvalue weighted by molar-refractivity contribution is 7.13. The Morgan fingerprint density at radius 3 is 2.75 bits per heavy atom. The summed E-state index contributed by atoms with van der Waals surface area (Å²) < 4.78 is 26.0. The van der Waals surface area contributed by atoms with E-state index in [9.17, 15) is 18.7 Å². The summed E-state index contributed by atoms with van der Waals surface area (Å²) in [5.41, 5.74) is 0.287. The minimum Gasteiger partial charge on any atom is -0.387 e. The van der Waals surface area contributed by atoms with Crippen LogP contribution >= 0.6 is 11.3 Å². The predicted molar refractivity (Wildman–Crippen MR) is 71.7 cm³/mol. The average Bonchev–Trinajstić information content (AvgIpc) is 2.81. The Labute approximate surface area is 117 Å². The first-order valence-corrected chi connectivity index (χ1v) is 6.50. The maximum absolute atomic E-state index is 13.3. The van der Waals surface area contributed by atoms with Crippen molar-refractivity contribution in [2.24, 2.45) is 0 Å². The molecule has 2 rings (SSSR count). The smallest absolute Gasteiger partial charge is 0.325 e. The number of urea groups is 1. The number of benzene rings is 1. The predicted octanol–water partition coefficient (Wildman–Crippen LogP) is 3.12. The Kier molecular flexibility index (Phi) is 4.26. The SMILES string of the molecule is CC(O)c1csc(NC(=O)Nc2ccc(F)cc2F)n1. The lowest BCUT2D eigenvalue weighted by Gasteiger charge is -2.06. The van der Waals surface area contributed by atoms with E-state index >= 15 is 0 Å². The Bertz CT molecular complexity index is 631. The summed E-state index contributed by atoms with van der Waals surface area (Å²) in [6.45, 7) is 1.55. The molecule has 0 bridgehead atoms. The van der Waals surface area contributed by atoms with E-state index in [2.05, 4.69) is 15.6 Å². The number of carbonyl (C=O) groups excluding carboxylic acids is 1. The molecule has 106 valence electrons. The molecule has 0 saturated heterocycles. The second-order valence-corrected chi connectivity index (χ2v) is 4.81. The molecule has 8 heteroatoms. The van der Waals surface area contributed by atoms with Gasteiger partial charge in [-0.2, -0.15) is 0 Å². The van der Waals surface area contributed by atoms with E-state index in [1.165, 1.54) is 0 Å². The van der Waals surface area contributed by atoms with Crippen molar-refractivity contribution in [2.75, 3.05) is 10.6 Å². The molecular weight excluding hydrogens is 288 g/mol. The maximum Gasteiger partial charge on any atom is 0.325 e. The van der Waals surface area contributed by atoms with E-state index in [4.69, 9.17) is 0 Å². The van der Waals surface area contributed by atoms with Crippen molar-refractivity contribution < 1.29 is 18.7 Å². The van der Waals surface area contributed by atoms with Gasteiger partial charge in [0.05, 0.1) is 17.5 Å². The van der Waals surface area contributed by atoms with Crippen molar-refractivity contribution in [1.29, 1.82) is 0 Å². The van der Waals surface area contributed by atoms with Crippen LogP contribution in [0.15, 0.2) is 23.6 Å². The Balaban J connectivity index is 2.01. The van der Waals surface area contributed by atoms with Crippen LogP contribution in [0.4, 0.5) is 24.4 Å². The van der Waals surface area contributed by atoms with E-state index in [0.717, 1.165) is 23.5 Å². The Morgan fingerprint density at radius 1 is 1.40 bits per heavy atom. The molecular formula is C12H11F2N3O2S. The first kappa shape index (κ1) is 14.4. The number of nitrogens with one attached hydrogen (secondary N) is 2. The molecule has 0 aliphatic carbocycles. The van der Waals surface area contributed by atoms with Crippen molar-refractivity contribution in [3.05, 3.63) is 40.9 Å². The quantitative estimate of drug-likeness (QED) is 0.815. The zero-order valence-corrected chi connectivity index (χ0v) is 11.2. The molecule has 2 amide bonds. The van der Waals surface area contributed by atoms with Crippen LogP contribution in [0, 0.1) is 11.6 Å². The fourth-order valence-electron chi connectivity index (χ4n) is 1.38. The first-order valence-electron chi connectivity index (χ1n) is 5.62. The molecule has 20 heavy (non-hydrogen) atoms. The third-order valence-corrected chi connectivity index (χ3v) is 3.13. The number of nitrogens with zero attached hydrogens (tertiary/aromatic N) is 1. The molecule has 0 spiro atoms. The molecule has 1 unspecified atom stereocenters. The number of aliphatic hydroxyl groups is 1. The number of carbonyl (C=O) groups is 1. The van der Waals surface area contributed by atoms with Gasteiger partial charge in [-0.3, -0.25) is 5.32 Å². The van der Waals surface area contributed by atoms with Crippen molar-refractivity contribution in [3.8, 4) is 0 Å². The van der Waals surface area contributed by atoms with Crippen LogP contribution in [0.5, 0.6) is 0 Å². The lowest BCUT2D eigenvalue weighted by atomic mass is 10.3. The number of hydrogen-bond acceptors (Lipinski definition) is 4. The zero-order valence-electron chi connectivity index (χ0n) is 10.4. The second-order valence-electron chi connectivity index (χ2n) is 3.96. The van der Waals surface area contributed by atoms with Crippen LogP contribution < -0.4 is 10.6 Å². The first-order chi connectivity index (χ1) is 9.45. The summed E-state index contributed by atoms with van der Waals surface area (Å²) >= 11 is 1.13. The highest BCUT2D eigenvalue weighted by atomic mass is 32.1. The van der Waals surface area contributed by atoms with Crippen LogP contribution in [0.1, 0.15) is 18.7 Å². The van der Waals surface area contributed by atoms with Gasteiger partial charge in [-0.1, -0.05) is 0 Å². The highest BCUT2D eigenvalue weighted by Crippen LogP contribution is 2.21. The van der Waals surface area contributed by atoms with Gasteiger partial charge in [0, 0.05) is 11.4 Å². The van der Waals surface area contributed by atoms with Gasteiger partial charge < -0.3 is 10.4 Å². The monoisotopic (exact) mass is 299 g/mol. The van der Waals surface area contributed by atoms with Crippen molar-refractivity contribution in [1.82, 2.24) is 4.98 Å². The van der Waals surface area contributed by atoms with Crippen LogP contribution in [-0.4, -0.2) is 16.1 Å². The van der Waals surface area contributed by atoms with Crippen molar-refractivity contribution in [2.45, 2.75) is 13.0 Å². The molecule has 0 aliphatic rings. The number of aromatic nitrogens is 1. The summed E-state index contributed by atoms with van der Waals surface area (Å²) in [5.74, 6) is -1.60. The van der Waals surface area contributed by atoms with Crippen molar-refractivity contribution >= 4 is 28.2 Å². The third kappa shape index (κ3) is 3.49. The molecule has 1 heterocycles. The minimum atomic E-state index is -0.871. The van der Waals surface area contributed by atoms with Gasteiger partial charge in [0.25, 0.3) is 0 Å². The van der Waals surface area contributed by atoms with Crippen LogP contribution in [0.3, 0.4) is 0 Å². The fraction of sp³-hybridized carbons (Fsp3) is 0.167. The van der Waals surface area contributed by atoms with Crippen LogP contribution in [-0.2, 0) is 0 Å². The Hall–Kier alpha value is -2.06. The number of anilines is 2. The second kappa shape index (κ2) is 5.93. The molecule has 0 radical (unpaired) electrons. The van der Waals surface area contributed by atoms with Gasteiger partial charge in [0.1, 0.15) is 11.6 Å². The largest absolute Gasteiger partial charge is 0.387 e. The number of hydrogen-bond donors (Lipinski definition) is 3. The summed E-state index contributed by atoms with van der Waals surface area (Å²) in [7, 11) is 0. The van der Waals surface area contributed by atoms with E-state index in [1.54, 1.807) is 12.3 Å². The summed E-state index contributed by atoms with van der Waals surface area (Å²) in [4.78, 5) is 15.6. The molecule has 3 N–H and O–H groups in total. The number of halogens is 2. The van der Waals surface area contributed by atoms with Gasteiger partial charge in [-0.25, -0.2) is 18.6 Å². The standard InChI is InChI=1S/C12H11F2N3O2S/c1-6(18)10-5-20-12(16-10)17-11(19)15-9-3-2-7(13)4-8(9)14/h2-6,18H,1H3,(H2,15,16,17,19). The highest BCUT2D eigenvalue weighted by Gasteiger charge is 2.11. The zero-order chi connectivity index (χ0) is 14.7. The fourth-order valence-corrected chi connectivity index (χ4v) is 2.17. The van der Waals surface area contributed by atoms with Gasteiger partial charge in [-0.05, 0) is 19.1 Å². The molecule has 1 atom stereocenters. The number of amides is 2. The molecule has 5 nitrogen and oxygen atoms in total. The Morgan fingerprint density at radius 2 is 2.15 bits per heavy atom.